The molecule has 3 aromatic rings. The van der Waals surface area contributed by atoms with Crippen LogP contribution in [0.25, 0.3) is 11.0 Å². The van der Waals surface area contributed by atoms with Crippen LogP contribution in [0, 0.1) is 5.82 Å². The van der Waals surface area contributed by atoms with Gasteiger partial charge in [0.1, 0.15) is 12.0 Å². The monoisotopic (exact) mass is 409 g/mol. The average molecular weight is 409 g/mol. The van der Waals surface area contributed by atoms with Gasteiger partial charge in [-0.1, -0.05) is 6.07 Å². The molecule has 0 amide bonds. The van der Waals surface area contributed by atoms with Gasteiger partial charge < -0.3 is 4.57 Å². The second-order valence-corrected chi connectivity index (χ2v) is 7.60. The van der Waals surface area contributed by atoms with Crippen LogP contribution in [-0.2, 0) is 19.8 Å². The van der Waals surface area contributed by atoms with E-state index in [9.17, 15) is 22.0 Å². The van der Waals surface area contributed by atoms with Crippen LogP contribution in [0.2, 0.25) is 0 Å². The fraction of sp³-hybridized carbons (Fsp3) is 0.381. The molecular formula is C21H20F5N3. The summed E-state index contributed by atoms with van der Waals surface area (Å²) in [4.78, 5) is 6.14. The predicted octanol–water partition coefficient (Wildman–Crippen LogP) is 5.06. The molecule has 1 fully saturated rings. The van der Waals surface area contributed by atoms with Crippen molar-refractivity contribution < 1.29 is 22.0 Å². The van der Waals surface area contributed by atoms with Crippen molar-refractivity contribution in [3.8, 4) is 0 Å². The Morgan fingerprint density at radius 2 is 1.93 bits per heavy atom. The zero-order valence-electron chi connectivity index (χ0n) is 15.8. The maximum Gasteiger partial charge on any atom is 0.416 e. The molecule has 154 valence electrons. The number of alkyl halides is 4. The Morgan fingerprint density at radius 1 is 1.14 bits per heavy atom. The molecule has 0 radical (unpaired) electrons. The normalized spacial score (nSPS) is 21.0. The van der Waals surface area contributed by atoms with Crippen LogP contribution < -0.4 is 0 Å². The number of aryl methyl sites for hydroxylation is 1. The van der Waals surface area contributed by atoms with Crippen molar-refractivity contribution in [1.82, 2.24) is 14.5 Å². The molecule has 0 N–H and O–H groups in total. The molecule has 1 saturated heterocycles. The van der Waals surface area contributed by atoms with Crippen LogP contribution in [-0.4, -0.2) is 33.7 Å². The Bertz CT molecular complexity index is 1030. The fourth-order valence-corrected chi connectivity index (χ4v) is 3.99. The number of hydrogen-bond donors (Lipinski definition) is 0. The number of imidazole rings is 1. The van der Waals surface area contributed by atoms with Gasteiger partial charge in [-0.3, -0.25) is 4.90 Å². The lowest BCUT2D eigenvalue weighted by Crippen LogP contribution is -2.39. The molecule has 0 aliphatic carbocycles. The predicted molar refractivity (Wildman–Crippen MR) is 99.6 cm³/mol. The van der Waals surface area contributed by atoms with Crippen molar-refractivity contribution in [1.29, 1.82) is 0 Å². The minimum Gasteiger partial charge on any atom is -0.334 e. The molecule has 1 aliphatic rings. The minimum atomic E-state index is -4.61. The highest BCUT2D eigenvalue weighted by molar-refractivity contribution is 5.76. The average Bonchev–Trinajstić information content (AvgIpc) is 3.02. The molecule has 8 heteroatoms. The molecule has 1 aromatic heterocycles. The highest BCUT2D eigenvalue weighted by Gasteiger charge is 2.33. The third-order valence-corrected chi connectivity index (χ3v) is 5.48. The SMILES string of the molecule is Cn1cnc2ccc(C3CN(Cc4cc(F)cc(C(F)(F)F)c4)CCC3F)cc21. The second kappa shape index (κ2) is 7.40. The first kappa shape index (κ1) is 19.8. The topological polar surface area (TPSA) is 21.1 Å². The van der Waals surface area contributed by atoms with E-state index in [4.69, 9.17) is 0 Å². The molecule has 2 aromatic carbocycles. The van der Waals surface area contributed by atoms with E-state index < -0.39 is 29.6 Å². The van der Waals surface area contributed by atoms with Crippen LogP contribution in [0.4, 0.5) is 22.0 Å². The van der Waals surface area contributed by atoms with Crippen molar-refractivity contribution in [2.75, 3.05) is 13.1 Å². The molecule has 2 atom stereocenters. The molecule has 29 heavy (non-hydrogen) atoms. The Balaban J connectivity index is 1.56. The zero-order chi connectivity index (χ0) is 20.8. The summed E-state index contributed by atoms with van der Waals surface area (Å²) < 4.78 is 69.1. The van der Waals surface area contributed by atoms with Crippen LogP contribution in [0.5, 0.6) is 0 Å². The van der Waals surface area contributed by atoms with Gasteiger partial charge in [-0.2, -0.15) is 13.2 Å². The maximum atomic E-state index is 14.7. The molecule has 3 nitrogen and oxygen atoms in total. The third-order valence-electron chi connectivity index (χ3n) is 5.48. The van der Waals surface area contributed by atoms with Crippen LogP contribution in [0.15, 0.2) is 42.7 Å². The summed E-state index contributed by atoms with van der Waals surface area (Å²) in [6.07, 6.45) is -3.69. The van der Waals surface area contributed by atoms with Crippen molar-refractivity contribution in [3.63, 3.8) is 0 Å². The molecule has 2 unspecified atom stereocenters. The van der Waals surface area contributed by atoms with Gasteiger partial charge in [-0.25, -0.2) is 13.8 Å². The fourth-order valence-electron chi connectivity index (χ4n) is 3.99. The largest absolute Gasteiger partial charge is 0.416 e. The van der Waals surface area contributed by atoms with Gasteiger partial charge in [0.2, 0.25) is 0 Å². The Hall–Kier alpha value is -2.48. The molecule has 4 rings (SSSR count). The number of benzene rings is 2. The van der Waals surface area contributed by atoms with Gasteiger partial charge >= 0.3 is 6.18 Å². The number of fused-ring (bicyclic) bond motifs is 1. The summed E-state index contributed by atoms with van der Waals surface area (Å²) >= 11 is 0. The first-order valence-corrected chi connectivity index (χ1v) is 9.35. The molecule has 0 bridgehead atoms. The van der Waals surface area contributed by atoms with Crippen LogP contribution in [0.1, 0.15) is 29.0 Å². The number of aromatic nitrogens is 2. The van der Waals surface area contributed by atoms with Gasteiger partial charge in [-0.15, -0.1) is 0 Å². The van der Waals surface area contributed by atoms with Crippen molar-refractivity contribution in [2.45, 2.75) is 31.2 Å². The summed E-state index contributed by atoms with van der Waals surface area (Å²) in [5, 5.41) is 0. The second-order valence-electron chi connectivity index (χ2n) is 7.60. The van der Waals surface area contributed by atoms with Crippen molar-refractivity contribution >= 4 is 11.0 Å². The number of rotatable bonds is 3. The van der Waals surface area contributed by atoms with E-state index in [0.29, 0.717) is 19.2 Å². The van der Waals surface area contributed by atoms with Crippen LogP contribution in [0.3, 0.4) is 0 Å². The number of hydrogen-bond acceptors (Lipinski definition) is 2. The van der Waals surface area contributed by atoms with Gasteiger partial charge in [0, 0.05) is 32.6 Å². The van der Waals surface area contributed by atoms with Crippen molar-refractivity contribution in [2.24, 2.45) is 7.05 Å². The van der Waals surface area contributed by atoms with Gasteiger partial charge in [0.15, 0.2) is 0 Å². The van der Waals surface area contributed by atoms with E-state index >= 15 is 0 Å². The molecule has 1 aliphatic heterocycles. The lowest BCUT2D eigenvalue weighted by molar-refractivity contribution is -0.137. The molecule has 2 heterocycles. The first-order valence-electron chi connectivity index (χ1n) is 9.35. The van der Waals surface area contributed by atoms with Crippen LogP contribution >= 0.6 is 0 Å². The van der Waals surface area contributed by atoms with E-state index in [2.05, 4.69) is 4.98 Å². The quantitative estimate of drug-likeness (QED) is 0.564. The zero-order valence-corrected chi connectivity index (χ0v) is 15.8. The lowest BCUT2D eigenvalue weighted by atomic mass is 9.88. The summed E-state index contributed by atoms with van der Waals surface area (Å²) in [6, 6.07) is 8.16. The van der Waals surface area contributed by atoms with E-state index in [0.717, 1.165) is 28.7 Å². The Kier molecular flexibility index (Phi) is 5.06. The Morgan fingerprint density at radius 3 is 2.69 bits per heavy atom. The number of piperidine rings is 1. The van der Waals surface area contributed by atoms with Gasteiger partial charge in [-0.05, 0) is 47.9 Å². The van der Waals surface area contributed by atoms with Gasteiger partial charge in [0.25, 0.3) is 0 Å². The summed E-state index contributed by atoms with van der Waals surface area (Å²) in [5.74, 6) is -1.33. The number of likely N-dealkylation sites (tertiary alicyclic amines) is 1. The highest BCUT2D eigenvalue weighted by atomic mass is 19.4. The maximum absolute atomic E-state index is 14.7. The molecular weight excluding hydrogens is 389 g/mol. The number of nitrogens with zero attached hydrogens (tertiary/aromatic N) is 3. The third kappa shape index (κ3) is 4.12. The van der Waals surface area contributed by atoms with Crippen molar-refractivity contribution in [3.05, 3.63) is 65.2 Å². The minimum absolute atomic E-state index is 0.137. The summed E-state index contributed by atoms with van der Waals surface area (Å²) in [6.45, 7) is 0.893. The van der Waals surface area contributed by atoms with Gasteiger partial charge in [0.05, 0.1) is 22.9 Å². The van der Waals surface area contributed by atoms with E-state index in [1.807, 2.05) is 34.7 Å². The number of halogens is 5. The van der Waals surface area contributed by atoms with E-state index in [1.54, 1.807) is 6.33 Å². The Labute approximate surface area is 164 Å². The molecule has 0 saturated carbocycles. The standard InChI is InChI=1S/C21H20F5N3/c1-28-12-27-19-3-2-14(8-20(19)28)17-11-29(5-4-18(17)23)10-13-6-15(21(24,25)26)9-16(22)7-13/h2-3,6-9,12,17-18H,4-5,10-11H2,1H3. The smallest absolute Gasteiger partial charge is 0.334 e. The van der Waals surface area contributed by atoms with E-state index in [1.165, 1.54) is 0 Å². The first-order chi connectivity index (χ1) is 13.7. The summed E-state index contributed by atoms with van der Waals surface area (Å²) in [7, 11) is 1.86. The summed E-state index contributed by atoms with van der Waals surface area (Å²) in [5.41, 5.74) is 1.76. The lowest BCUT2D eigenvalue weighted by Gasteiger charge is -2.35. The van der Waals surface area contributed by atoms with E-state index in [-0.39, 0.29) is 18.5 Å². The highest BCUT2D eigenvalue weighted by Crippen LogP contribution is 2.33. The molecule has 0 spiro atoms.